The zero-order valence-electron chi connectivity index (χ0n) is 11.7. The second-order valence-corrected chi connectivity index (χ2v) is 5.58. The van der Waals surface area contributed by atoms with E-state index in [0.717, 1.165) is 53.7 Å². The van der Waals surface area contributed by atoms with Gasteiger partial charge in [-0.05, 0) is 13.3 Å². The number of aromatic nitrogens is 3. The molecule has 19 heavy (non-hydrogen) atoms. The second-order valence-electron chi connectivity index (χ2n) is 4.64. The van der Waals surface area contributed by atoms with Gasteiger partial charge < -0.3 is 11.1 Å². The van der Waals surface area contributed by atoms with Gasteiger partial charge in [-0.15, -0.1) is 11.3 Å². The average Bonchev–Trinajstić information content (AvgIpc) is 2.89. The van der Waals surface area contributed by atoms with E-state index < -0.39 is 0 Å². The summed E-state index contributed by atoms with van der Waals surface area (Å²) in [5.74, 6) is 0.914. The van der Waals surface area contributed by atoms with Gasteiger partial charge in [0, 0.05) is 31.1 Å². The van der Waals surface area contributed by atoms with Crippen molar-refractivity contribution in [2.75, 3.05) is 17.6 Å². The molecule has 0 spiro atoms. The Morgan fingerprint density at radius 2 is 2.21 bits per heavy atom. The van der Waals surface area contributed by atoms with Crippen LogP contribution in [-0.2, 0) is 19.9 Å². The van der Waals surface area contributed by atoms with Crippen LogP contribution < -0.4 is 11.1 Å². The average molecular weight is 279 g/mol. The molecule has 0 atom stereocenters. The Morgan fingerprint density at radius 3 is 2.84 bits per heavy atom. The Hall–Kier alpha value is -1.56. The third-order valence-electron chi connectivity index (χ3n) is 2.95. The minimum Gasteiger partial charge on any atom is -0.394 e. The van der Waals surface area contributed by atoms with Gasteiger partial charge in [0.1, 0.15) is 5.82 Å². The van der Waals surface area contributed by atoms with E-state index in [1.807, 2.05) is 18.7 Å². The van der Waals surface area contributed by atoms with Crippen molar-refractivity contribution in [3.05, 3.63) is 21.8 Å². The van der Waals surface area contributed by atoms with Gasteiger partial charge in [0.2, 0.25) is 0 Å². The van der Waals surface area contributed by atoms with Gasteiger partial charge in [0.05, 0.1) is 16.4 Å². The fraction of sp³-hybridized carbons (Fsp3) is 0.538. The number of aryl methyl sites for hydroxylation is 3. The van der Waals surface area contributed by atoms with E-state index >= 15 is 0 Å². The summed E-state index contributed by atoms with van der Waals surface area (Å²) in [5.41, 5.74) is 8.96. The Labute approximate surface area is 117 Å². The van der Waals surface area contributed by atoms with Crippen LogP contribution in [-0.4, -0.2) is 21.3 Å². The zero-order chi connectivity index (χ0) is 13.8. The lowest BCUT2D eigenvalue weighted by atomic mass is 10.2. The van der Waals surface area contributed by atoms with Crippen LogP contribution in [0.5, 0.6) is 0 Å². The fourth-order valence-corrected chi connectivity index (χ4v) is 2.81. The lowest BCUT2D eigenvalue weighted by Crippen LogP contribution is -2.09. The molecule has 0 radical (unpaired) electrons. The minimum atomic E-state index is 0.777. The molecule has 2 aromatic heterocycles. The zero-order valence-corrected chi connectivity index (χ0v) is 12.5. The molecule has 2 heterocycles. The van der Waals surface area contributed by atoms with Crippen molar-refractivity contribution in [1.82, 2.24) is 14.8 Å². The number of anilines is 2. The van der Waals surface area contributed by atoms with Crippen molar-refractivity contribution < 1.29 is 0 Å². The number of nitrogen functional groups attached to an aromatic ring is 1. The number of hydrogen-bond acceptors (Lipinski definition) is 5. The lowest BCUT2D eigenvalue weighted by Gasteiger charge is -2.06. The maximum Gasteiger partial charge on any atom is 0.147 e. The van der Waals surface area contributed by atoms with Crippen LogP contribution >= 0.6 is 11.3 Å². The number of nitrogens with two attached hydrogens (primary N) is 1. The first-order valence-corrected chi connectivity index (χ1v) is 7.46. The van der Waals surface area contributed by atoms with Gasteiger partial charge in [-0.3, -0.25) is 4.68 Å². The molecule has 2 aromatic rings. The molecule has 0 fully saturated rings. The Morgan fingerprint density at radius 1 is 1.42 bits per heavy atom. The van der Waals surface area contributed by atoms with Crippen LogP contribution in [0, 0.1) is 6.92 Å². The summed E-state index contributed by atoms with van der Waals surface area (Å²) in [6.07, 6.45) is 2.89. The number of nitrogens with zero attached hydrogens (tertiary/aromatic N) is 3. The van der Waals surface area contributed by atoms with Crippen molar-refractivity contribution in [2.24, 2.45) is 7.05 Å². The van der Waals surface area contributed by atoms with Crippen LogP contribution in [0.1, 0.15) is 29.7 Å². The molecule has 0 bridgehead atoms. The molecular weight excluding hydrogens is 258 g/mol. The predicted molar refractivity (Wildman–Crippen MR) is 80.7 cm³/mol. The highest BCUT2D eigenvalue weighted by molar-refractivity contribution is 7.09. The molecule has 5 nitrogen and oxygen atoms in total. The molecule has 0 saturated carbocycles. The minimum absolute atomic E-state index is 0.777. The van der Waals surface area contributed by atoms with Crippen LogP contribution in [0.3, 0.4) is 0 Å². The monoisotopic (exact) mass is 279 g/mol. The number of rotatable bonds is 6. The third kappa shape index (κ3) is 3.26. The summed E-state index contributed by atoms with van der Waals surface area (Å²) < 4.78 is 1.83. The molecular formula is C13H21N5S. The van der Waals surface area contributed by atoms with Crippen molar-refractivity contribution >= 4 is 22.8 Å². The SMILES string of the molecule is CCCc1nn(C)c(NCCc2nc(C)cs2)c1N. The Bertz CT molecular complexity index is 543. The van der Waals surface area contributed by atoms with Crippen molar-refractivity contribution in [2.45, 2.75) is 33.1 Å². The van der Waals surface area contributed by atoms with E-state index in [-0.39, 0.29) is 0 Å². The highest BCUT2D eigenvalue weighted by Gasteiger charge is 2.12. The first kappa shape index (κ1) is 13.9. The predicted octanol–water partition coefficient (Wildman–Crippen LogP) is 2.37. The van der Waals surface area contributed by atoms with Gasteiger partial charge in [0.25, 0.3) is 0 Å². The Balaban J connectivity index is 1.95. The lowest BCUT2D eigenvalue weighted by molar-refractivity contribution is 0.734. The molecule has 0 amide bonds. The summed E-state index contributed by atoms with van der Waals surface area (Å²) >= 11 is 1.70. The van der Waals surface area contributed by atoms with E-state index in [2.05, 4.69) is 27.7 Å². The topological polar surface area (TPSA) is 68.8 Å². The number of nitrogens with one attached hydrogen (secondary N) is 1. The summed E-state index contributed by atoms with van der Waals surface area (Å²) in [7, 11) is 1.92. The summed E-state index contributed by atoms with van der Waals surface area (Å²) in [6, 6.07) is 0. The third-order valence-corrected chi connectivity index (χ3v) is 3.97. The van der Waals surface area contributed by atoms with E-state index in [1.165, 1.54) is 0 Å². The molecule has 0 saturated heterocycles. The van der Waals surface area contributed by atoms with Gasteiger partial charge in [0.15, 0.2) is 0 Å². The standard InChI is InChI=1S/C13H21N5S/c1-4-5-10-12(14)13(18(3)17-10)15-7-6-11-16-9(2)8-19-11/h8,15H,4-7,14H2,1-3H3. The van der Waals surface area contributed by atoms with E-state index in [4.69, 9.17) is 5.73 Å². The maximum absolute atomic E-state index is 6.11. The van der Waals surface area contributed by atoms with Gasteiger partial charge in [-0.25, -0.2) is 4.98 Å². The molecule has 3 N–H and O–H groups in total. The van der Waals surface area contributed by atoms with Crippen LogP contribution in [0.25, 0.3) is 0 Å². The summed E-state index contributed by atoms with van der Waals surface area (Å²) in [5, 5.41) is 11.0. The molecule has 2 rings (SSSR count). The highest BCUT2D eigenvalue weighted by atomic mass is 32.1. The van der Waals surface area contributed by atoms with Crippen LogP contribution in [0.4, 0.5) is 11.5 Å². The molecule has 0 aliphatic rings. The smallest absolute Gasteiger partial charge is 0.147 e. The molecule has 0 unspecified atom stereocenters. The molecule has 104 valence electrons. The molecule has 0 aliphatic carbocycles. The largest absolute Gasteiger partial charge is 0.394 e. The van der Waals surface area contributed by atoms with Gasteiger partial charge >= 0.3 is 0 Å². The second kappa shape index (κ2) is 6.06. The molecule has 0 aliphatic heterocycles. The van der Waals surface area contributed by atoms with Crippen molar-refractivity contribution in [3.8, 4) is 0 Å². The van der Waals surface area contributed by atoms with Crippen molar-refractivity contribution in [1.29, 1.82) is 0 Å². The number of thiazole rings is 1. The van der Waals surface area contributed by atoms with Crippen LogP contribution in [0.2, 0.25) is 0 Å². The number of hydrogen-bond donors (Lipinski definition) is 2. The summed E-state index contributed by atoms with van der Waals surface area (Å²) in [6.45, 7) is 4.97. The van der Waals surface area contributed by atoms with E-state index in [9.17, 15) is 0 Å². The molecule has 6 heteroatoms. The van der Waals surface area contributed by atoms with E-state index in [1.54, 1.807) is 11.3 Å². The summed E-state index contributed by atoms with van der Waals surface area (Å²) in [4.78, 5) is 4.45. The highest BCUT2D eigenvalue weighted by Crippen LogP contribution is 2.23. The van der Waals surface area contributed by atoms with E-state index in [0.29, 0.717) is 0 Å². The van der Waals surface area contributed by atoms with Gasteiger partial charge in [-0.2, -0.15) is 5.10 Å². The maximum atomic E-state index is 6.11. The molecule has 0 aromatic carbocycles. The van der Waals surface area contributed by atoms with Gasteiger partial charge in [-0.1, -0.05) is 13.3 Å². The van der Waals surface area contributed by atoms with Crippen molar-refractivity contribution in [3.63, 3.8) is 0 Å². The Kier molecular flexibility index (Phi) is 4.42. The first-order chi connectivity index (χ1) is 9.11. The normalized spacial score (nSPS) is 10.9. The quantitative estimate of drug-likeness (QED) is 0.852. The van der Waals surface area contributed by atoms with Crippen LogP contribution in [0.15, 0.2) is 5.38 Å². The first-order valence-electron chi connectivity index (χ1n) is 6.58. The fourth-order valence-electron chi connectivity index (χ4n) is 2.03.